The molecule has 2 nitrogen and oxygen atoms in total. The first kappa shape index (κ1) is 14.2. The van der Waals surface area contributed by atoms with Crippen LogP contribution in [0, 0.1) is 11.6 Å². The number of aromatic nitrogens is 1. The molecule has 0 spiro atoms. The monoisotopic (exact) mass is 303 g/mol. The largest absolute Gasteiger partial charge is 0.381 e. The van der Waals surface area contributed by atoms with Crippen LogP contribution in [0.1, 0.15) is 18.1 Å². The van der Waals surface area contributed by atoms with E-state index in [-0.39, 0.29) is 15.9 Å². The standard InChI is InChI=1S/C13H9Cl2F2NO/c1-13(19,7-2-3-9(16)10(17)4-7)8-5-11(14)18-12(15)6-8/h2-6,19H,1H3. The molecule has 0 saturated heterocycles. The van der Waals surface area contributed by atoms with Crippen molar-refractivity contribution < 1.29 is 13.9 Å². The zero-order valence-electron chi connectivity index (χ0n) is 9.79. The molecule has 0 amide bonds. The summed E-state index contributed by atoms with van der Waals surface area (Å²) in [7, 11) is 0. The minimum absolute atomic E-state index is 0.102. The minimum atomic E-state index is -1.56. The molecule has 6 heteroatoms. The molecular weight excluding hydrogens is 295 g/mol. The summed E-state index contributed by atoms with van der Waals surface area (Å²) < 4.78 is 26.1. The summed E-state index contributed by atoms with van der Waals surface area (Å²) in [6.45, 7) is 1.43. The van der Waals surface area contributed by atoms with E-state index in [0.29, 0.717) is 5.56 Å². The second-order valence-electron chi connectivity index (χ2n) is 4.20. The number of hydrogen-bond donors (Lipinski definition) is 1. The first-order valence-corrected chi connectivity index (χ1v) is 6.08. The Morgan fingerprint density at radius 1 is 1.00 bits per heavy atom. The third-order valence-corrected chi connectivity index (χ3v) is 3.19. The Kier molecular flexibility index (Phi) is 3.76. The number of pyridine rings is 1. The highest BCUT2D eigenvalue weighted by Crippen LogP contribution is 2.32. The van der Waals surface area contributed by atoms with Gasteiger partial charge >= 0.3 is 0 Å². The van der Waals surface area contributed by atoms with Crippen molar-refractivity contribution in [3.8, 4) is 0 Å². The third-order valence-electron chi connectivity index (χ3n) is 2.81. The van der Waals surface area contributed by atoms with Gasteiger partial charge in [-0.25, -0.2) is 13.8 Å². The Bertz CT molecular complexity index is 612. The predicted octanol–water partition coefficient (Wildman–Crippen LogP) is 3.92. The van der Waals surface area contributed by atoms with Crippen molar-refractivity contribution in [1.29, 1.82) is 0 Å². The molecule has 19 heavy (non-hydrogen) atoms. The molecule has 1 atom stereocenters. The van der Waals surface area contributed by atoms with Crippen LogP contribution < -0.4 is 0 Å². The number of hydrogen-bond acceptors (Lipinski definition) is 2. The highest BCUT2D eigenvalue weighted by Gasteiger charge is 2.27. The highest BCUT2D eigenvalue weighted by molar-refractivity contribution is 6.32. The summed E-state index contributed by atoms with van der Waals surface area (Å²) in [5.41, 5.74) is -1.04. The summed E-state index contributed by atoms with van der Waals surface area (Å²) in [5, 5.41) is 10.7. The van der Waals surface area contributed by atoms with Crippen LogP contribution in [0.15, 0.2) is 30.3 Å². The quantitative estimate of drug-likeness (QED) is 0.853. The first-order valence-electron chi connectivity index (χ1n) is 5.32. The van der Waals surface area contributed by atoms with Crippen molar-refractivity contribution in [3.05, 3.63) is 63.4 Å². The highest BCUT2D eigenvalue weighted by atomic mass is 35.5. The van der Waals surface area contributed by atoms with Crippen LogP contribution in [-0.2, 0) is 5.60 Å². The van der Waals surface area contributed by atoms with Gasteiger partial charge in [0.15, 0.2) is 11.6 Å². The maximum atomic E-state index is 13.2. The molecular formula is C13H9Cl2F2NO. The molecule has 2 aromatic rings. The molecule has 0 aliphatic carbocycles. The second kappa shape index (κ2) is 5.04. The molecule has 1 unspecified atom stereocenters. The fourth-order valence-corrected chi connectivity index (χ4v) is 2.17. The van der Waals surface area contributed by atoms with Gasteiger partial charge in [0.05, 0.1) is 0 Å². The van der Waals surface area contributed by atoms with Crippen LogP contribution in [0.25, 0.3) is 0 Å². The van der Waals surface area contributed by atoms with E-state index in [0.717, 1.165) is 12.1 Å². The second-order valence-corrected chi connectivity index (χ2v) is 4.98. The van der Waals surface area contributed by atoms with E-state index in [4.69, 9.17) is 23.2 Å². The van der Waals surface area contributed by atoms with Crippen LogP contribution in [0.4, 0.5) is 8.78 Å². The van der Waals surface area contributed by atoms with E-state index in [1.165, 1.54) is 25.1 Å². The summed E-state index contributed by atoms with van der Waals surface area (Å²) in [6.07, 6.45) is 0. The Hall–Kier alpha value is -1.23. The van der Waals surface area contributed by atoms with Gasteiger partial charge in [-0.15, -0.1) is 0 Å². The van der Waals surface area contributed by atoms with Crippen molar-refractivity contribution in [2.24, 2.45) is 0 Å². The van der Waals surface area contributed by atoms with E-state index in [1.54, 1.807) is 0 Å². The summed E-state index contributed by atoms with van der Waals surface area (Å²) in [5.74, 6) is -2.02. The number of halogens is 4. The Labute approximate surface area is 118 Å². The number of aliphatic hydroxyl groups is 1. The van der Waals surface area contributed by atoms with Crippen LogP contribution in [0.5, 0.6) is 0 Å². The topological polar surface area (TPSA) is 33.1 Å². The lowest BCUT2D eigenvalue weighted by atomic mass is 9.89. The summed E-state index contributed by atoms with van der Waals surface area (Å²) in [4.78, 5) is 3.76. The molecule has 0 saturated carbocycles. The van der Waals surface area contributed by atoms with Crippen molar-refractivity contribution in [3.63, 3.8) is 0 Å². The lowest BCUT2D eigenvalue weighted by Crippen LogP contribution is -2.23. The molecule has 0 radical (unpaired) electrons. The zero-order chi connectivity index (χ0) is 14.2. The van der Waals surface area contributed by atoms with Crippen LogP contribution in [0.3, 0.4) is 0 Å². The maximum Gasteiger partial charge on any atom is 0.159 e. The van der Waals surface area contributed by atoms with Gasteiger partial charge in [0.25, 0.3) is 0 Å². The lowest BCUT2D eigenvalue weighted by Gasteiger charge is -2.24. The van der Waals surface area contributed by atoms with Crippen LogP contribution in [-0.4, -0.2) is 10.1 Å². The van der Waals surface area contributed by atoms with Crippen molar-refractivity contribution in [2.45, 2.75) is 12.5 Å². The van der Waals surface area contributed by atoms with Crippen LogP contribution in [0.2, 0.25) is 10.3 Å². The SMILES string of the molecule is CC(O)(c1cc(Cl)nc(Cl)c1)c1ccc(F)c(F)c1. The third kappa shape index (κ3) is 2.86. The maximum absolute atomic E-state index is 13.2. The molecule has 0 bridgehead atoms. The molecule has 1 N–H and O–H groups in total. The van der Waals surface area contributed by atoms with Crippen molar-refractivity contribution in [1.82, 2.24) is 4.98 Å². The molecule has 100 valence electrons. The average molecular weight is 304 g/mol. The van der Waals surface area contributed by atoms with E-state index in [1.807, 2.05) is 0 Å². The van der Waals surface area contributed by atoms with Gasteiger partial charge in [-0.3, -0.25) is 0 Å². The fourth-order valence-electron chi connectivity index (χ4n) is 1.71. The van der Waals surface area contributed by atoms with Crippen LogP contribution >= 0.6 is 23.2 Å². The van der Waals surface area contributed by atoms with E-state index in [2.05, 4.69) is 4.98 Å². The molecule has 1 aromatic heterocycles. The van der Waals surface area contributed by atoms with Crippen molar-refractivity contribution in [2.75, 3.05) is 0 Å². The number of benzene rings is 1. The lowest BCUT2D eigenvalue weighted by molar-refractivity contribution is 0.102. The minimum Gasteiger partial charge on any atom is -0.381 e. The molecule has 1 heterocycles. The molecule has 1 aromatic carbocycles. The molecule has 2 rings (SSSR count). The van der Waals surface area contributed by atoms with Gasteiger partial charge in [-0.1, -0.05) is 29.3 Å². The van der Waals surface area contributed by atoms with Gasteiger partial charge in [0.1, 0.15) is 15.9 Å². The van der Waals surface area contributed by atoms with E-state index in [9.17, 15) is 13.9 Å². The number of nitrogens with zero attached hydrogens (tertiary/aromatic N) is 1. The Morgan fingerprint density at radius 3 is 2.11 bits per heavy atom. The summed E-state index contributed by atoms with van der Waals surface area (Å²) >= 11 is 11.5. The predicted molar refractivity (Wildman–Crippen MR) is 69.3 cm³/mol. The van der Waals surface area contributed by atoms with Gasteiger partial charge in [0.2, 0.25) is 0 Å². The smallest absolute Gasteiger partial charge is 0.159 e. The molecule has 0 fully saturated rings. The fraction of sp³-hybridized carbons (Fsp3) is 0.154. The van der Waals surface area contributed by atoms with Gasteiger partial charge in [-0.2, -0.15) is 0 Å². The van der Waals surface area contributed by atoms with Gasteiger partial charge in [0, 0.05) is 0 Å². The van der Waals surface area contributed by atoms with Gasteiger partial charge in [-0.05, 0) is 42.3 Å². The zero-order valence-corrected chi connectivity index (χ0v) is 11.3. The Morgan fingerprint density at radius 2 is 1.58 bits per heavy atom. The Balaban J connectivity index is 2.54. The van der Waals surface area contributed by atoms with E-state index < -0.39 is 17.2 Å². The van der Waals surface area contributed by atoms with E-state index >= 15 is 0 Å². The average Bonchev–Trinajstić information content (AvgIpc) is 2.31. The first-order chi connectivity index (χ1) is 8.80. The number of rotatable bonds is 2. The van der Waals surface area contributed by atoms with Gasteiger partial charge < -0.3 is 5.11 Å². The molecule has 0 aliphatic rings. The molecule has 0 aliphatic heterocycles. The summed E-state index contributed by atoms with van der Waals surface area (Å²) in [6, 6.07) is 5.99. The van der Waals surface area contributed by atoms with Crippen molar-refractivity contribution >= 4 is 23.2 Å². The normalized spacial score (nSPS) is 14.2.